The Morgan fingerprint density at radius 3 is 2.80 bits per heavy atom. The number of rotatable bonds is 9. The summed E-state index contributed by atoms with van der Waals surface area (Å²) in [6.07, 6.45) is 8.96. The molecule has 1 aromatic rings. The summed E-state index contributed by atoms with van der Waals surface area (Å²) in [4.78, 5) is 4.38. The average molecular weight is 482 g/mol. The summed E-state index contributed by atoms with van der Waals surface area (Å²) in [6.45, 7) is 3.31. The maximum atomic E-state index is 5.89. The maximum absolute atomic E-state index is 5.89. The molecule has 0 amide bonds. The lowest BCUT2D eigenvalue weighted by molar-refractivity contribution is 0.179. The molecule has 1 unspecified atom stereocenters. The van der Waals surface area contributed by atoms with Crippen molar-refractivity contribution in [2.24, 2.45) is 10.7 Å². The molecule has 0 aliphatic heterocycles. The number of nitrogens with one attached hydrogen (secondary N) is 1. The summed E-state index contributed by atoms with van der Waals surface area (Å²) in [6, 6.07) is 0.732. The largest absolute Gasteiger partial charge is 0.383 e. The first-order valence-electron chi connectivity index (χ1n) is 8.68. The summed E-state index contributed by atoms with van der Waals surface area (Å²) >= 11 is 1.68. The van der Waals surface area contributed by atoms with Crippen molar-refractivity contribution >= 4 is 41.7 Å². The zero-order valence-corrected chi connectivity index (χ0v) is 18.5. The number of ether oxygens (including phenoxy) is 1. The molecule has 2 rings (SSSR count). The minimum absolute atomic E-state index is 0. The smallest absolute Gasteiger partial charge is 0.191 e. The average Bonchev–Trinajstić information content (AvgIpc) is 3.20. The van der Waals surface area contributed by atoms with Gasteiger partial charge in [0.2, 0.25) is 0 Å². The fourth-order valence-electron chi connectivity index (χ4n) is 3.17. The van der Waals surface area contributed by atoms with Gasteiger partial charge in [0.15, 0.2) is 11.1 Å². The number of hydrogen-bond donors (Lipinski definition) is 2. The fourth-order valence-corrected chi connectivity index (χ4v) is 3.75. The Morgan fingerprint density at radius 2 is 2.16 bits per heavy atom. The van der Waals surface area contributed by atoms with E-state index in [9.17, 15) is 0 Å². The number of thioether (sulfide) groups is 1. The minimum atomic E-state index is 0. The van der Waals surface area contributed by atoms with Gasteiger partial charge in [-0.1, -0.05) is 24.6 Å². The van der Waals surface area contributed by atoms with Crippen LogP contribution < -0.4 is 11.1 Å². The second-order valence-corrected chi connectivity index (χ2v) is 7.06. The zero-order chi connectivity index (χ0) is 17.4. The highest BCUT2D eigenvalue weighted by Gasteiger charge is 2.23. The normalized spacial score (nSPS) is 16.7. The van der Waals surface area contributed by atoms with Crippen molar-refractivity contribution in [3.8, 4) is 0 Å². The molecule has 7 nitrogen and oxygen atoms in total. The molecule has 0 bridgehead atoms. The van der Waals surface area contributed by atoms with Crippen molar-refractivity contribution in [2.75, 3.05) is 26.5 Å². The molecule has 0 aromatic carbocycles. The van der Waals surface area contributed by atoms with Crippen LogP contribution in [0.15, 0.2) is 10.1 Å². The summed E-state index contributed by atoms with van der Waals surface area (Å²) in [5.74, 6) is 1.56. The van der Waals surface area contributed by atoms with E-state index in [1.54, 1.807) is 18.9 Å². The van der Waals surface area contributed by atoms with Crippen LogP contribution in [-0.2, 0) is 11.2 Å². The summed E-state index contributed by atoms with van der Waals surface area (Å²) in [7, 11) is 1.68. The number of aliphatic imine (C=N–C) groups is 1. The van der Waals surface area contributed by atoms with Gasteiger partial charge in [0, 0.05) is 32.2 Å². The number of halogens is 1. The lowest BCUT2D eigenvalue weighted by Gasteiger charge is -2.16. The molecule has 1 atom stereocenters. The Bertz CT molecular complexity index is 533. The molecular weight excluding hydrogens is 451 g/mol. The third-order valence-corrected chi connectivity index (χ3v) is 4.90. The topological polar surface area (TPSA) is 90.3 Å². The number of aryl methyl sites for hydroxylation is 1. The number of methoxy groups -OCH3 is 1. The van der Waals surface area contributed by atoms with Crippen molar-refractivity contribution in [1.82, 2.24) is 20.1 Å². The highest BCUT2D eigenvalue weighted by Crippen LogP contribution is 2.33. The SMILES string of the molecule is COCC(C)NC(N)=NCCCc1nnc(SC)n1C1CCCC1.I. The Kier molecular flexibility index (Phi) is 10.7. The van der Waals surface area contributed by atoms with Crippen LogP contribution in [0.3, 0.4) is 0 Å². The summed E-state index contributed by atoms with van der Waals surface area (Å²) in [5, 5.41) is 12.9. The van der Waals surface area contributed by atoms with Gasteiger partial charge in [-0.15, -0.1) is 34.2 Å². The number of hydrogen-bond acceptors (Lipinski definition) is 5. The molecular formula is C16H31IN6OS. The number of nitrogens with two attached hydrogens (primary N) is 1. The standard InChI is InChI=1S/C16H30N6OS.HI/c1-12(11-23-2)19-15(17)18-10-6-9-14-20-21-16(24-3)22(14)13-7-4-5-8-13;/h12-13H,4-11H2,1-3H3,(H3,17,18,19);1H. The van der Waals surface area contributed by atoms with Crippen LogP contribution in [0, 0.1) is 0 Å². The van der Waals surface area contributed by atoms with Crippen molar-refractivity contribution in [2.45, 2.75) is 62.7 Å². The van der Waals surface area contributed by atoms with Crippen LogP contribution in [0.2, 0.25) is 0 Å². The molecule has 0 spiro atoms. The first-order valence-corrected chi connectivity index (χ1v) is 9.91. The Morgan fingerprint density at radius 1 is 1.44 bits per heavy atom. The highest BCUT2D eigenvalue weighted by atomic mass is 127. The van der Waals surface area contributed by atoms with Gasteiger partial charge in [-0.25, -0.2) is 0 Å². The monoisotopic (exact) mass is 482 g/mol. The van der Waals surface area contributed by atoms with Gasteiger partial charge in [0.25, 0.3) is 0 Å². The van der Waals surface area contributed by atoms with Crippen molar-refractivity contribution in [3.63, 3.8) is 0 Å². The second-order valence-electron chi connectivity index (χ2n) is 6.28. The molecule has 9 heteroatoms. The predicted octanol–water partition coefficient (Wildman–Crippen LogP) is 2.60. The first-order chi connectivity index (χ1) is 11.7. The predicted molar refractivity (Wildman–Crippen MR) is 114 cm³/mol. The molecule has 1 fully saturated rings. The van der Waals surface area contributed by atoms with Crippen LogP contribution in [0.5, 0.6) is 0 Å². The fraction of sp³-hybridized carbons (Fsp3) is 0.812. The van der Waals surface area contributed by atoms with E-state index in [1.165, 1.54) is 25.7 Å². The van der Waals surface area contributed by atoms with E-state index in [-0.39, 0.29) is 30.0 Å². The van der Waals surface area contributed by atoms with E-state index in [2.05, 4.69) is 31.3 Å². The zero-order valence-electron chi connectivity index (χ0n) is 15.4. The summed E-state index contributed by atoms with van der Waals surface area (Å²) in [5.41, 5.74) is 5.89. The van der Waals surface area contributed by atoms with Crippen LogP contribution in [0.1, 0.15) is 50.9 Å². The van der Waals surface area contributed by atoms with E-state index < -0.39 is 0 Å². The maximum Gasteiger partial charge on any atom is 0.191 e. The number of nitrogens with zero attached hydrogens (tertiary/aromatic N) is 4. The second kappa shape index (κ2) is 11.9. The number of aromatic nitrogens is 3. The van der Waals surface area contributed by atoms with Gasteiger partial charge < -0.3 is 20.4 Å². The quantitative estimate of drug-likeness (QED) is 0.185. The minimum Gasteiger partial charge on any atom is -0.383 e. The Balaban J connectivity index is 0.00000312. The van der Waals surface area contributed by atoms with Crippen molar-refractivity contribution < 1.29 is 4.74 Å². The molecule has 1 aliphatic rings. The molecule has 144 valence electrons. The van der Waals surface area contributed by atoms with E-state index in [0.29, 0.717) is 25.2 Å². The van der Waals surface area contributed by atoms with Crippen molar-refractivity contribution in [1.29, 1.82) is 0 Å². The van der Waals surface area contributed by atoms with E-state index in [0.717, 1.165) is 23.8 Å². The third kappa shape index (κ3) is 6.93. The summed E-state index contributed by atoms with van der Waals surface area (Å²) < 4.78 is 7.42. The van der Waals surface area contributed by atoms with Gasteiger partial charge in [0.1, 0.15) is 5.82 Å². The van der Waals surface area contributed by atoms with E-state index in [1.807, 2.05) is 6.92 Å². The lowest BCUT2D eigenvalue weighted by Crippen LogP contribution is -2.40. The van der Waals surface area contributed by atoms with Crippen LogP contribution >= 0.6 is 35.7 Å². The molecule has 25 heavy (non-hydrogen) atoms. The van der Waals surface area contributed by atoms with E-state index in [4.69, 9.17) is 10.5 Å². The van der Waals surface area contributed by atoms with Gasteiger partial charge in [-0.3, -0.25) is 4.99 Å². The molecule has 1 aromatic heterocycles. The molecule has 1 aliphatic carbocycles. The first kappa shape index (κ1) is 22.5. The van der Waals surface area contributed by atoms with Crippen LogP contribution in [0.4, 0.5) is 0 Å². The molecule has 3 N–H and O–H groups in total. The van der Waals surface area contributed by atoms with E-state index >= 15 is 0 Å². The lowest BCUT2D eigenvalue weighted by atomic mass is 10.2. The molecule has 1 heterocycles. The van der Waals surface area contributed by atoms with Gasteiger partial charge in [-0.05, 0) is 32.4 Å². The van der Waals surface area contributed by atoms with Crippen LogP contribution in [-0.4, -0.2) is 53.3 Å². The number of guanidine groups is 1. The van der Waals surface area contributed by atoms with Gasteiger partial charge >= 0.3 is 0 Å². The Labute approximate surface area is 172 Å². The van der Waals surface area contributed by atoms with Crippen LogP contribution in [0.25, 0.3) is 0 Å². The Hall–Kier alpha value is -0.550. The molecule has 0 saturated heterocycles. The molecule has 0 radical (unpaired) electrons. The van der Waals surface area contributed by atoms with Gasteiger partial charge in [0.05, 0.1) is 6.61 Å². The molecule has 1 saturated carbocycles. The van der Waals surface area contributed by atoms with Crippen molar-refractivity contribution in [3.05, 3.63) is 5.82 Å². The highest BCUT2D eigenvalue weighted by molar-refractivity contribution is 14.0. The third-order valence-electron chi connectivity index (χ3n) is 4.26. The van der Waals surface area contributed by atoms with Gasteiger partial charge in [-0.2, -0.15) is 0 Å².